The van der Waals surface area contributed by atoms with Crippen LogP contribution in [-0.4, -0.2) is 36.7 Å². The first-order chi connectivity index (χ1) is 14.2. The fourth-order valence-electron chi connectivity index (χ4n) is 3.30. The Morgan fingerprint density at radius 3 is 2.40 bits per heavy atom. The van der Waals surface area contributed by atoms with E-state index in [4.69, 9.17) is 16.3 Å². The summed E-state index contributed by atoms with van der Waals surface area (Å²) in [5, 5.41) is 6.53. The number of carbonyl (C=O) groups is 2. The highest BCUT2D eigenvalue weighted by atomic mass is 35.5. The van der Waals surface area contributed by atoms with Gasteiger partial charge in [0.25, 0.3) is 5.91 Å². The van der Waals surface area contributed by atoms with E-state index in [2.05, 4.69) is 15.5 Å². The van der Waals surface area contributed by atoms with Crippen molar-refractivity contribution in [3.05, 3.63) is 64.7 Å². The molecule has 1 heterocycles. The van der Waals surface area contributed by atoms with E-state index in [9.17, 15) is 9.59 Å². The minimum Gasteiger partial charge on any atom is -0.444 e. The van der Waals surface area contributed by atoms with Crippen LogP contribution in [0.15, 0.2) is 48.5 Å². The smallest absolute Gasteiger partial charge is 0.407 e. The summed E-state index contributed by atoms with van der Waals surface area (Å²) in [4.78, 5) is 26.6. The number of nitrogens with zero attached hydrogens (tertiary/aromatic N) is 1. The molecule has 2 N–H and O–H groups in total. The maximum Gasteiger partial charge on any atom is 0.407 e. The third-order valence-electron chi connectivity index (χ3n) is 4.77. The average molecular weight is 430 g/mol. The number of amides is 2. The fourth-order valence-corrected chi connectivity index (χ4v) is 3.42. The zero-order chi connectivity index (χ0) is 21.7. The van der Waals surface area contributed by atoms with Crippen molar-refractivity contribution in [1.29, 1.82) is 0 Å². The zero-order valence-corrected chi connectivity index (χ0v) is 18.3. The number of carbonyl (C=O) groups excluding carboxylic acids is 2. The molecule has 0 spiro atoms. The second-order valence-electron chi connectivity index (χ2n) is 8.43. The molecular formula is C23H28ClN3O3. The van der Waals surface area contributed by atoms with Gasteiger partial charge < -0.3 is 20.3 Å². The molecule has 1 unspecified atom stereocenters. The Labute approximate surface area is 182 Å². The maximum atomic E-state index is 12.6. The van der Waals surface area contributed by atoms with Gasteiger partial charge in [0.2, 0.25) is 0 Å². The summed E-state index contributed by atoms with van der Waals surface area (Å²) in [5.41, 5.74) is 2.07. The molecule has 2 aromatic carbocycles. The van der Waals surface area contributed by atoms with Crippen molar-refractivity contribution < 1.29 is 14.3 Å². The van der Waals surface area contributed by atoms with Gasteiger partial charge >= 0.3 is 6.09 Å². The van der Waals surface area contributed by atoms with Crippen molar-refractivity contribution >= 4 is 29.3 Å². The number of anilines is 1. The first-order valence-electron chi connectivity index (χ1n) is 10.1. The average Bonchev–Trinajstić information content (AvgIpc) is 3.14. The number of benzene rings is 2. The molecule has 1 aliphatic rings. The van der Waals surface area contributed by atoms with E-state index in [1.165, 1.54) is 0 Å². The molecule has 30 heavy (non-hydrogen) atoms. The third-order valence-corrected chi connectivity index (χ3v) is 5.02. The van der Waals surface area contributed by atoms with Crippen molar-refractivity contribution in [1.82, 2.24) is 10.6 Å². The lowest BCUT2D eigenvalue weighted by atomic mass is 10.1. The number of hydrogen-bond acceptors (Lipinski definition) is 4. The largest absolute Gasteiger partial charge is 0.444 e. The zero-order valence-electron chi connectivity index (χ0n) is 17.6. The Hall–Kier alpha value is -2.73. The van der Waals surface area contributed by atoms with Crippen molar-refractivity contribution in [2.45, 2.75) is 45.4 Å². The van der Waals surface area contributed by atoms with E-state index in [-0.39, 0.29) is 11.9 Å². The van der Waals surface area contributed by atoms with Gasteiger partial charge in [0.15, 0.2) is 0 Å². The molecule has 6 nitrogen and oxygen atoms in total. The predicted molar refractivity (Wildman–Crippen MR) is 119 cm³/mol. The summed E-state index contributed by atoms with van der Waals surface area (Å²) in [6.45, 7) is 7.46. The highest BCUT2D eigenvalue weighted by Gasteiger charge is 2.24. The first kappa shape index (κ1) is 22.0. The molecule has 160 valence electrons. The molecule has 2 amide bonds. The van der Waals surface area contributed by atoms with Crippen molar-refractivity contribution in [2.75, 3.05) is 18.0 Å². The molecular weight excluding hydrogens is 402 g/mol. The van der Waals surface area contributed by atoms with Crippen LogP contribution in [0.5, 0.6) is 0 Å². The normalized spacial score (nSPS) is 16.3. The van der Waals surface area contributed by atoms with Gasteiger partial charge in [-0.05, 0) is 69.2 Å². The highest BCUT2D eigenvalue weighted by Crippen LogP contribution is 2.22. The molecule has 0 aromatic heterocycles. The molecule has 3 rings (SSSR count). The Morgan fingerprint density at radius 2 is 1.77 bits per heavy atom. The van der Waals surface area contributed by atoms with Gasteiger partial charge in [-0.3, -0.25) is 4.79 Å². The summed E-state index contributed by atoms with van der Waals surface area (Å²) in [6, 6.07) is 15.1. The van der Waals surface area contributed by atoms with Crippen LogP contribution < -0.4 is 15.5 Å². The molecule has 1 fully saturated rings. The van der Waals surface area contributed by atoms with Crippen LogP contribution in [0.4, 0.5) is 10.5 Å². The van der Waals surface area contributed by atoms with Crippen LogP contribution in [0.1, 0.15) is 43.1 Å². The van der Waals surface area contributed by atoms with Gasteiger partial charge in [0.1, 0.15) is 5.60 Å². The summed E-state index contributed by atoms with van der Waals surface area (Å²) in [5.74, 6) is -0.0930. The number of rotatable bonds is 5. The first-order valence-corrected chi connectivity index (χ1v) is 10.4. The second kappa shape index (κ2) is 9.39. The predicted octanol–water partition coefficient (Wildman–Crippen LogP) is 4.37. The van der Waals surface area contributed by atoms with E-state index < -0.39 is 11.7 Å². The van der Waals surface area contributed by atoms with E-state index >= 15 is 0 Å². The Morgan fingerprint density at radius 1 is 1.10 bits per heavy atom. The van der Waals surface area contributed by atoms with E-state index in [0.717, 1.165) is 30.8 Å². The maximum absolute atomic E-state index is 12.6. The number of hydrogen-bond donors (Lipinski definition) is 2. The standard InChI is InChI=1S/C23H28ClN3O3/c1-23(2,3)30-22(29)25-14-16-4-6-17(7-5-16)21(28)26-19-12-13-27(15-19)20-10-8-18(24)9-11-20/h4-11,19H,12-15H2,1-3H3,(H,25,29)(H,26,28). The molecule has 1 aliphatic heterocycles. The lowest BCUT2D eigenvalue weighted by molar-refractivity contribution is 0.0523. The molecule has 0 saturated carbocycles. The highest BCUT2D eigenvalue weighted by molar-refractivity contribution is 6.30. The summed E-state index contributed by atoms with van der Waals surface area (Å²) < 4.78 is 5.22. The molecule has 0 aliphatic carbocycles. The van der Waals surface area contributed by atoms with Gasteiger partial charge in [-0.2, -0.15) is 0 Å². The topological polar surface area (TPSA) is 70.7 Å². The number of nitrogens with one attached hydrogen (secondary N) is 2. The Balaban J connectivity index is 1.48. The minimum absolute atomic E-state index is 0.0930. The number of halogens is 1. The number of ether oxygens (including phenoxy) is 1. The summed E-state index contributed by atoms with van der Waals surface area (Å²) in [6.07, 6.45) is 0.433. The molecule has 1 atom stereocenters. The van der Waals surface area contributed by atoms with Crippen LogP contribution in [-0.2, 0) is 11.3 Å². The van der Waals surface area contributed by atoms with Crippen LogP contribution >= 0.6 is 11.6 Å². The monoisotopic (exact) mass is 429 g/mol. The van der Waals surface area contributed by atoms with E-state index in [1.807, 2.05) is 57.2 Å². The number of alkyl carbamates (subject to hydrolysis) is 1. The SMILES string of the molecule is CC(C)(C)OC(=O)NCc1ccc(C(=O)NC2CCN(c3ccc(Cl)cc3)C2)cc1. The lowest BCUT2D eigenvalue weighted by Crippen LogP contribution is -2.37. The molecule has 0 bridgehead atoms. The Kier molecular flexibility index (Phi) is 6.87. The summed E-state index contributed by atoms with van der Waals surface area (Å²) in [7, 11) is 0. The molecule has 7 heteroatoms. The van der Waals surface area contributed by atoms with Crippen molar-refractivity contribution in [2.24, 2.45) is 0 Å². The Bertz CT molecular complexity index is 876. The fraction of sp³-hybridized carbons (Fsp3) is 0.391. The van der Waals surface area contributed by atoms with Gasteiger partial charge in [-0.15, -0.1) is 0 Å². The van der Waals surface area contributed by atoms with Gasteiger partial charge in [-0.1, -0.05) is 23.7 Å². The molecule has 1 saturated heterocycles. The van der Waals surface area contributed by atoms with Crippen LogP contribution in [0.3, 0.4) is 0 Å². The van der Waals surface area contributed by atoms with E-state index in [1.54, 1.807) is 12.1 Å². The van der Waals surface area contributed by atoms with Gasteiger partial charge in [0.05, 0.1) is 0 Å². The van der Waals surface area contributed by atoms with Crippen molar-refractivity contribution in [3.63, 3.8) is 0 Å². The van der Waals surface area contributed by atoms with Crippen LogP contribution in [0.25, 0.3) is 0 Å². The summed E-state index contributed by atoms with van der Waals surface area (Å²) >= 11 is 5.95. The van der Waals surface area contributed by atoms with Gasteiger partial charge in [0, 0.05) is 41.9 Å². The minimum atomic E-state index is -0.532. The van der Waals surface area contributed by atoms with Crippen LogP contribution in [0, 0.1) is 0 Å². The quantitative estimate of drug-likeness (QED) is 0.740. The van der Waals surface area contributed by atoms with Gasteiger partial charge in [-0.25, -0.2) is 4.79 Å². The third kappa shape index (κ3) is 6.39. The second-order valence-corrected chi connectivity index (χ2v) is 8.87. The molecule has 0 radical (unpaired) electrons. The van der Waals surface area contributed by atoms with E-state index in [0.29, 0.717) is 17.1 Å². The lowest BCUT2D eigenvalue weighted by Gasteiger charge is -2.19. The molecule has 2 aromatic rings. The van der Waals surface area contributed by atoms with Crippen molar-refractivity contribution in [3.8, 4) is 0 Å². The van der Waals surface area contributed by atoms with Crippen LogP contribution in [0.2, 0.25) is 5.02 Å².